The first kappa shape index (κ1) is 32.2. The summed E-state index contributed by atoms with van der Waals surface area (Å²) in [7, 11) is -3.17. The van der Waals surface area contributed by atoms with Crippen LogP contribution in [0.4, 0.5) is 17.6 Å². The van der Waals surface area contributed by atoms with E-state index in [1.807, 2.05) is 20.8 Å². The number of carbonyl (C=O) groups excluding carboxylic acids is 1. The molecule has 3 atom stereocenters. The van der Waals surface area contributed by atoms with E-state index in [4.69, 9.17) is 14.2 Å². The summed E-state index contributed by atoms with van der Waals surface area (Å²) in [4.78, 5) is 21.2. The highest BCUT2D eigenvalue weighted by Gasteiger charge is 2.61. The van der Waals surface area contributed by atoms with E-state index in [1.165, 1.54) is 25.3 Å². The van der Waals surface area contributed by atoms with Crippen LogP contribution in [0.15, 0.2) is 36.5 Å². The van der Waals surface area contributed by atoms with Crippen molar-refractivity contribution in [3.63, 3.8) is 0 Å². The molecule has 0 bridgehead atoms. The van der Waals surface area contributed by atoms with Gasteiger partial charge in [-0.2, -0.15) is 13.2 Å². The number of hydrogen-bond donors (Lipinski definition) is 0. The van der Waals surface area contributed by atoms with Crippen molar-refractivity contribution in [3.8, 4) is 22.9 Å². The highest BCUT2D eigenvalue weighted by atomic mass is 32.2. The van der Waals surface area contributed by atoms with Gasteiger partial charge in [0.25, 0.3) is 0 Å². The maximum atomic E-state index is 15.0. The molecule has 246 valence electrons. The van der Waals surface area contributed by atoms with Crippen LogP contribution in [0.2, 0.25) is 0 Å². The summed E-state index contributed by atoms with van der Waals surface area (Å²) in [5.74, 6) is -0.982. The number of nitrogens with zero attached hydrogens (tertiary/aromatic N) is 2. The Labute approximate surface area is 264 Å². The molecule has 2 saturated carbocycles. The Balaban J connectivity index is 1.17. The number of halogens is 4. The number of esters is 1. The number of rotatable bonds is 8. The first-order chi connectivity index (χ1) is 21.4. The first-order valence-electron chi connectivity index (χ1n) is 15.0. The molecule has 0 aliphatic heterocycles. The van der Waals surface area contributed by atoms with Gasteiger partial charge >= 0.3 is 12.1 Å². The van der Waals surface area contributed by atoms with E-state index < -0.39 is 38.2 Å². The molecule has 6 rings (SSSR count). The number of fused-ring (bicyclic) bond motifs is 3. The van der Waals surface area contributed by atoms with Gasteiger partial charge in [0.2, 0.25) is 11.8 Å². The second kappa shape index (κ2) is 11.2. The number of benzene rings is 1. The predicted molar refractivity (Wildman–Crippen MR) is 159 cm³/mol. The number of pyridine rings is 2. The minimum Gasteiger partial charge on any atom is -0.474 e. The van der Waals surface area contributed by atoms with Crippen molar-refractivity contribution in [2.75, 3.05) is 6.26 Å². The van der Waals surface area contributed by atoms with E-state index in [1.54, 1.807) is 12.3 Å². The lowest BCUT2D eigenvalue weighted by molar-refractivity contribution is -0.157. The first-order valence-corrected chi connectivity index (χ1v) is 16.9. The molecule has 0 N–H and O–H groups in total. The lowest BCUT2D eigenvalue weighted by Gasteiger charge is -2.33. The molecule has 8 nitrogen and oxygen atoms in total. The van der Waals surface area contributed by atoms with Crippen molar-refractivity contribution in [2.45, 2.75) is 82.6 Å². The molecule has 1 aromatic carbocycles. The largest absolute Gasteiger partial charge is 0.474 e. The molecule has 3 unspecified atom stereocenters. The Morgan fingerprint density at radius 1 is 1.04 bits per heavy atom. The maximum absolute atomic E-state index is 15.0. The number of aromatic nitrogens is 2. The summed E-state index contributed by atoms with van der Waals surface area (Å²) in [6.45, 7) is 6.63. The van der Waals surface area contributed by atoms with Crippen molar-refractivity contribution in [3.05, 3.63) is 70.3 Å². The number of carbonyl (C=O) groups is 1. The Bertz CT molecular complexity index is 1820. The van der Waals surface area contributed by atoms with Crippen molar-refractivity contribution >= 4 is 15.8 Å². The molecule has 46 heavy (non-hydrogen) atoms. The monoisotopic (exact) mass is 662 g/mol. The summed E-state index contributed by atoms with van der Waals surface area (Å²) in [5.41, 5.74) is 0.180. The zero-order valence-electron chi connectivity index (χ0n) is 25.9. The Kier molecular flexibility index (Phi) is 7.85. The minimum atomic E-state index is -4.84. The topological polar surface area (TPSA) is 105 Å². The number of hydrogen-bond acceptors (Lipinski definition) is 8. The predicted octanol–water partition coefficient (Wildman–Crippen LogP) is 6.37. The van der Waals surface area contributed by atoms with E-state index in [0.29, 0.717) is 25.3 Å². The van der Waals surface area contributed by atoms with Crippen LogP contribution in [0.3, 0.4) is 0 Å². The molecule has 3 aliphatic carbocycles. The smallest absolute Gasteiger partial charge is 0.417 e. The molecular weight excluding hydrogens is 628 g/mol. The van der Waals surface area contributed by atoms with Crippen LogP contribution in [-0.4, -0.2) is 47.6 Å². The molecule has 3 aromatic rings. The molecule has 0 amide bonds. The van der Waals surface area contributed by atoms with E-state index in [9.17, 15) is 26.4 Å². The van der Waals surface area contributed by atoms with Gasteiger partial charge in [-0.3, -0.25) is 4.79 Å². The molecule has 0 radical (unpaired) electrons. The van der Waals surface area contributed by atoms with Crippen molar-refractivity contribution in [2.24, 2.45) is 11.8 Å². The molecule has 2 heterocycles. The Morgan fingerprint density at radius 2 is 1.76 bits per heavy atom. The summed E-state index contributed by atoms with van der Waals surface area (Å²) in [5, 5.41) is -0.485. The zero-order valence-corrected chi connectivity index (χ0v) is 26.8. The third-order valence-corrected chi connectivity index (χ3v) is 10.4. The van der Waals surface area contributed by atoms with Gasteiger partial charge in [-0.25, -0.2) is 22.8 Å². The van der Waals surface area contributed by atoms with E-state index in [2.05, 4.69) is 9.97 Å². The number of alkyl halides is 3. The SMILES string of the molecule is Cc1nc(OC2CC(S(C)(=O)=O)C2)ccc1-c1cc(COc2cc3c(cn2)C2C(C3)C2C(=O)OC(C)(C)C)c(F)cc1C(F)(F)F. The number of sulfone groups is 1. The molecule has 2 fully saturated rings. The van der Waals surface area contributed by atoms with Crippen molar-refractivity contribution in [1.82, 2.24) is 9.97 Å². The van der Waals surface area contributed by atoms with Crippen molar-refractivity contribution < 1.29 is 45.0 Å². The van der Waals surface area contributed by atoms with Crippen LogP contribution >= 0.6 is 0 Å². The fourth-order valence-electron chi connectivity index (χ4n) is 6.40. The van der Waals surface area contributed by atoms with Gasteiger partial charge in [-0.05, 0) is 74.9 Å². The molecule has 0 saturated heterocycles. The fraction of sp³-hybridized carbons (Fsp3) is 0.485. The number of ether oxygens (including phenoxy) is 3. The normalized spacial score (nSPS) is 23.6. The van der Waals surface area contributed by atoms with Gasteiger partial charge in [0.1, 0.15) is 24.1 Å². The molecule has 3 aliphatic rings. The zero-order chi connectivity index (χ0) is 33.3. The fourth-order valence-corrected chi connectivity index (χ4v) is 7.53. The summed E-state index contributed by atoms with van der Waals surface area (Å²) >= 11 is 0. The van der Waals surface area contributed by atoms with Gasteiger partial charge in [-0.1, -0.05) is 0 Å². The second-order valence-corrected chi connectivity index (χ2v) is 15.7. The highest BCUT2D eigenvalue weighted by molar-refractivity contribution is 7.91. The van der Waals surface area contributed by atoms with Crippen LogP contribution in [0, 0.1) is 24.6 Å². The third kappa shape index (κ3) is 6.43. The molecule has 2 aromatic heterocycles. The van der Waals surface area contributed by atoms with Crippen LogP contribution in [0.5, 0.6) is 11.8 Å². The van der Waals surface area contributed by atoms with Gasteiger partial charge in [0.15, 0.2) is 9.84 Å². The van der Waals surface area contributed by atoms with Crippen LogP contribution in [0.25, 0.3) is 11.1 Å². The average molecular weight is 663 g/mol. The summed E-state index contributed by atoms with van der Waals surface area (Å²) in [6, 6.07) is 6.14. The molecule has 0 spiro atoms. The van der Waals surface area contributed by atoms with E-state index in [0.717, 1.165) is 17.2 Å². The van der Waals surface area contributed by atoms with E-state index >= 15 is 4.39 Å². The lowest BCUT2D eigenvalue weighted by atomic mass is 9.95. The quantitative estimate of drug-likeness (QED) is 0.203. The average Bonchev–Trinajstić information content (AvgIpc) is 3.49. The van der Waals surface area contributed by atoms with Crippen LogP contribution in [0.1, 0.15) is 67.5 Å². The molecular formula is C33H34F4N2O6S. The van der Waals surface area contributed by atoms with Crippen molar-refractivity contribution in [1.29, 1.82) is 0 Å². The van der Waals surface area contributed by atoms with Gasteiger partial charge in [0.05, 0.1) is 16.7 Å². The van der Waals surface area contributed by atoms with Crippen LogP contribution in [-0.2, 0) is 38.6 Å². The maximum Gasteiger partial charge on any atom is 0.417 e. The second-order valence-electron chi connectivity index (χ2n) is 13.4. The highest BCUT2D eigenvalue weighted by Crippen LogP contribution is 2.62. The van der Waals surface area contributed by atoms with E-state index in [-0.39, 0.29) is 70.6 Å². The Hall–Kier alpha value is -3.74. The van der Waals surface area contributed by atoms with Gasteiger partial charge in [0, 0.05) is 60.2 Å². The summed E-state index contributed by atoms with van der Waals surface area (Å²) < 4.78 is 97.6. The third-order valence-electron chi connectivity index (χ3n) is 8.82. The Morgan fingerprint density at radius 3 is 2.39 bits per heavy atom. The van der Waals surface area contributed by atoms with Gasteiger partial charge < -0.3 is 14.2 Å². The summed E-state index contributed by atoms with van der Waals surface area (Å²) in [6.07, 6.45) is -1.13. The standard InChI is InChI=1S/C33H34F4N2O6S/c1-16-21(6-7-27(39-16)44-19-11-20(12-19)46(5,41)42)22-9-18(26(34)13-25(22)33(35,36)37)15-43-28-10-17-8-23-29(24(17)14-38-28)30(23)31(40)45-32(2,3)4/h6-7,9-10,13-14,19-20,23,29-30H,8,11-12,15H2,1-5H3. The molecule has 13 heteroatoms. The van der Waals surface area contributed by atoms with Gasteiger partial charge in [-0.15, -0.1) is 0 Å². The number of aryl methyl sites for hydroxylation is 1. The lowest BCUT2D eigenvalue weighted by Crippen LogP contribution is -2.42. The minimum absolute atomic E-state index is 0.0353. The van der Waals surface area contributed by atoms with Crippen LogP contribution < -0.4 is 9.47 Å².